The quantitative estimate of drug-likeness (QED) is 0.518. The van der Waals surface area contributed by atoms with E-state index in [1.807, 2.05) is 13.8 Å². The molecule has 1 aromatic heterocycles. The zero-order valence-corrected chi connectivity index (χ0v) is 12.5. The third-order valence-corrected chi connectivity index (χ3v) is 3.77. The summed E-state index contributed by atoms with van der Waals surface area (Å²) in [5, 5.41) is 14.3. The molecular formula is C13H19ClN4O2. The Labute approximate surface area is 123 Å². The number of hydrogen-bond acceptors (Lipinski definition) is 5. The predicted molar refractivity (Wildman–Crippen MR) is 78.3 cm³/mol. The number of rotatable bonds is 4. The van der Waals surface area contributed by atoms with Crippen molar-refractivity contribution in [2.24, 2.45) is 0 Å². The van der Waals surface area contributed by atoms with Crippen LogP contribution in [0.5, 0.6) is 0 Å². The van der Waals surface area contributed by atoms with E-state index >= 15 is 0 Å². The average molecular weight is 299 g/mol. The third kappa shape index (κ3) is 3.36. The van der Waals surface area contributed by atoms with Gasteiger partial charge >= 0.3 is 5.69 Å². The number of halogens is 1. The molecule has 0 radical (unpaired) electrons. The summed E-state index contributed by atoms with van der Waals surface area (Å²) in [5.74, 6) is 0.852. The van der Waals surface area contributed by atoms with E-state index in [2.05, 4.69) is 15.3 Å². The molecule has 0 spiro atoms. The molecule has 1 fully saturated rings. The minimum absolute atomic E-state index is 0.0696. The number of hydrogen-bond donors (Lipinski definition) is 1. The van der Waals surface area contributed by atoms with Crippen molar-refractivity contribution in [2.45, 2.75) is 57.9 Å². The van der Waals surface area contributed by atoms with E-state index in [-0.39, 0.29) is 28.6 Å². The van der Waals surface area contributed by atoms with Gasteiger partial charge in [0.25, 0.3) is 0 Å². The first kappa shape index (κ1) is 15.0. The van der Waals surface area contributed by atoms with Crippen LogP contribution in [0.3, 0.4) is 0 Å². The number of nitrogens with zero attached hydrogens (tertiary/aromatic N) is 3. The fraction of sp³-hybridized carbons (Fsp3) is 0.692. The second-order valence-electron chi connectivity index (χ2n) is 5.46. The van der Waals surface area contributed by atoms with Gasteiger partial charge in [-0.25, -0.2) is 9.97 Å². The van der Waals surface area contributed by atoms with Gasteiger partial charge < -0.3 is 5.32 Å². The molecule has 1 aliphatic rings. The summed E-state index contributed by atoms with van der Waals surface area (Å²) in [5.41, 5.74) is -0.221. The molecule has 0 saturated heterocycles. The van der Waals surface area contributed by atoms with Crippen molar-refractivity contribution < 1.29 is 4.92 Å². The maximum atomic E-state index is 11.2. The molecule has 7 heteroatoms. The fourth-order valence-electron chi connectivity index (χ4n) is 2.40. The molecule has 1 heterocycles. The van der Waals surface area contributed by atoms with E-state index in [0.717, 1.165) is 25.7 Å². The summed E-state index contributed by atoms with van der Waals surface area (Å²) in [6.07, 6.45) is 5.52. The Morgan fingerprint density at radius 2 is 1.95 bits per heavy atom. The normalized spacial score (nSPS) is 16.4. The Morgan fingerprint density at radius 3 is 2.50 bits per heavy atom. The monoisotopic (exact) mass is 298 g/mol. The number of anilines is 1. The first-order valence-electron chi connectivity index (χ1n) is 6.97. The minimum Gasteiger partial charge on any atom is -0.361 e. The van der Waals surface area contributed by atoms with E-state index in [0.29, 0.717) is 5.82 Å². The number of aromatic nitrogens is 2. The smallest absolute Gasteiger partial charge is 0.348 e. The second kappa shape index (κ2) is 6.35. The van der Waals surface area contributed by atoms with Crippen molar-refractivity contribution in [3.63, 3.8) is 0 Å². The molecule has 0 aromatic carbocycles. The van der Waals surface area contributed by atoms with Crippen LogP contribution in [0.15, 0.2) is 0 Å². The molecule has 0 aliphatic heterocycles. The molecule has 110 valence electrons. The van der Waals surface area contributed by atoms with Crippen LogP contribution in [0, 0.1) is 10.1 Å². The highest BCUT2D eigenvalue weighted by molar-refractivity contribution is 6.31. The van der Waals surface area contributed by atoms with Gasteiger partial charge in [-0.2, -0.15) is 0 Å². The molecule has 0 bridgehead atoms. The van der Waals surface area contributed by atoms with Crippen LogP contribution >= 0.6 is 11.6 Å². The lowest BCUT2D eigenvalue weighted by Gasteiger charge is -2.23. The van der Waals surface area contributed by atoms with Crippen molar-refractivity contribution in [1.82, 2.24) is 9.97 Å². The van der Waals surface area contributed by atoms with E-state index in [4.69, 9.17) is 11.6 Å². The van der Waals surface area contributed by atoms with Crippen LogP contribution in [0.4, 0.5) is 11.5 Å². The molecule has 1 saturated carbocycles. The molecule has 0 unspecified atom stereocenters. The molecule has 2 rings (SSSR count). The first-order chi connectivity index (χ1) is 9.49. The molecule has 0 amide bonds. The topological polar surface area (TPSA) is 81.0 Å². The second-order valence-corrected chi connectivity index (χ2v) is 5.82. The SMILES string of the molecule is CC(C)c1nc(Cl)c([N+](=O)[O-])c(NC2CCCCC2)n1. The number of nitrogens with one attached hydrogen (secondary N) is 1. The number of nitro groups is 1. The van der Waals surface area contributed by atoms with Gasteiger partial charge in [-0.05, 0) is 12.8 Å². The van der Waals surface area contributed by atoms with Gasteiger partial charge in [0.15, 0.2) is 0 Å². The Morgan fingerprint density at radius 1 is 1.30 bits per heavy atom. The summed E-state index contributed by atoms with van der Waals surface area (Å²) in [4.78, 5) is 19.0. The Hall–Kier alpha value is -1.43. The van der Waals surface area contributed by atoms with Gasteiger partial charge in [-0.15, -0.1) is 0 Å². The fourth-order valence-corrected chi connectivity index (χ4v) is 2.65. The van der Waals surface area contributed by atoms with Crippen molar-refractivity contribution in [3.05, 3.63) is 21.1 Å². The van der Waals surface area contributed by atoms with Gasteiger partial charge in [-0.3, -0.25) is 10.1 Å². The maximum Gasteiger partial charge on any atom is 0.348 e. The summed E-state index contributed by atoms with van der Waals surface area (Å²) < 4.78 is 0. The summed E-state index contributed by atoms with van der Waals surface area (Å²) >= 11 is 5.96. The Balaban J connectivity index is 2.34. The predicted octanol–water partition coefficient (Wildman–Crippen LogP) is 3.91. The highest BCUT2D eigenvalue weighted by Gasteiger charge is 2.26. The third-order valence-electron chi connectivity index (χ3n) is 3.50. The summed E-state index contributed by atoms with van der Waals surface area (Å²) in [7, 11) is 0. The van der Waals surface area contributed by atoms with Gasteiger partial charge in [0.2, 0.25) is 11.0 Å². The summed E-state index contributed by atoms with van der Waals surface area (Å²) in [6.45, 7) is 3.86. The van der Waals surface area contributed by atoms with E-state index < -0.39 is 4.92 Å². The molecule has 1 N–H and O–H groups in total. The zero-order chi connectivity index (χ0) is 14.7. The van der Waals surface area contributed by atoms with Crippen molar-refractivity contribution in [2.75, 3.05) is 5.32 Å². The van der Waals surface area contributed by atoms with Crippen molar-refractivity contribution in [3.8, 4) is 0 Å². The standard InChI is InChI=1S/C13H19ClN4O2/c1-8(2)12-16-11(14)10(18(19)20)13(17-12)15-9-6-4-3-5-7-9/h8-9H,3-7H2,1-2H3,(H,15,16,17). The Bertz CT molecular complexity index is 501. The van der Waals surface area contributed by atoms with Gasteiger partial charge in [0.1, 0.15) is 5.82 Å². The lowest BCUT2D eigenvalue weighted by Crippen LogP contribution is -2.24. The molecule has 6 nitrogen and oxygen atoms in total. The molecule has 0 atom stereocenters. The van der Waals surface area contributed by atoms with Gasteiger partial charge in [0, 0.05) is 12.0 Å². The van der Waals surface area contributed by atoms with Crippen molar-refractivity contribution >= 4 is 23.1 Å². The van der Waals surface area contributed by atoms with Crippen LogP contribution in [0.25, 0.3) is 0 Å². The van der Waals surface area contributed by atoms with E-state index in [1.165, 1.54) is 6.42 Å². The zero-order valence-electron chi connectivity index (χ0n) is 11.7. The van der Waals surface area contributed by atoms with Crippen LogP contribution < -0.4 is 5.32 Å². The lowest BCUT2D eigenvalue weighted by molar-refractivity contribution is -0.384. The van der Waals surface area contributed by atoms with Crippen LogP contribution in [-0.4, -0.2) is 20.9 Å². The summed E-state index contributed by atoms with van der Waals surface area (Å²) in [6, 6.07) is 0.230. The van der Waals surface area contributed by atoms with Crippen LogP contribution in [-0.2, 0) is 0 Å². The minimum atomic E-state index is -0.516. The van der Waals surface area contributed by atoms with E-state index in [9.17, 15) is 10.1 Å². The molecule has 1 aliphatic carbocycles. The molecule has 1 aromatic rings. The van der Waals surface area contributed by atoms with Gasteiger partial charge in [0.05, 0.1) is 4.92 Å². The average Bonchev–Trinajstić information content (AvgIpc) is 2.38. The lowest BCUT2D eigenvalue weighted by atomic mass is 9.95. The Kier molecular flexibility index (Phi) is 4.75. The first-order valence-corrected chi connectivity index (χ1v) is 7.35. The maximum absolute atomic E-state index is 11.2. The van der Waals surface area contributed by atoms with Crippen LogP contribution in [0.1, 0.15) is 57.7 Å². The van der Waals surface area contributed by atoms with Crippen molar-refractivity contribution in [1.29, 1.82) is 0 Å². The van der Waals surface area contributed by atoms with E-state index in [1.54, 1.807) is 0 Å². The molecular weight excluding hydrogens is 280 g/mol. The van der Waals surface area contributed by atoms with Gasteiger partial charge in [-0.1, -0.05) is 44.7 Å². The highest BCUT2D eigenvalue weighted by Crippen LogP contribution is 2.33. The van der Waals surface area contributed by atoms with Crippen LogP contribution in [0.2, 0.25) is 5.15 Å². The highest BCUT2D eigenvalue weighted by atomic mass is 35.5. The largest absolute Gasteiger partial charge is 0.361 e. The molecule has 20 heavy (non-hydrogen) atoms.